The molecule has 0 fully saturated rings. The summed E-state index contributed by atoms with van der Waals surface area (Å²) in [5.41, 5.74) is 2.98. The minimum absolute atomic E-state index is 0.166. The maximum atomic E-state index is 12.5. The van der Waals surface area contributed by atoms with Crippen molar-refractivity contribution in [2.75, 3.05) is 12.4 Å². The number of hydrogen-bond acceptors (Lipinski definition) is 5. The lowest BCUT2D eigenvalue weighted by atomic mass is 9.99. The molecule has 2 aromatic heterocycles. The van der Waals surface area contributed by atoms with E-state index in [-0.39, 0.29) is 17.1 Å². The number of benzene rings is 2. The maximum absolute atomic E-state index is 12.5. The van der Waals surface area contributed by atoms with Crippen LogP contribution in [0, 0.1) is 11.3 Å². The molecule has 2 heterocycles. The molecule has 1 N–H and O–H groups in total. The fraction of sp³-hybridized carbons (Fsp3) is 0.0435. The number of pyridine rings is 2. The molecule has 1 amide bonds. The molecule has 0 aliphatic rings. The van der Waals surface area contributed by atoms with Gasteiger partial charge in [-0.2, -0.15) is 5.26 Å². The van der Waals surface area contributed by atoms with Gasteiger partial charge in [-0.3, -0.25) is 9.78 Å². The van der Waals surface area contributed by atoms with Crippen LogP contribution in [-0.4, -0.2) is 23.0 Å². The Morgan fingerprint density at radius 1 is 1.07 bits per heavy atom. The summed E-state index contributed by atoms with van der Waals surface area (Å²) in [7, 11) is 1.56. The summed E-state index contributed by atoms with van der Waals surface area (Å²) >= 11 is 0. The van der Waals surface area contributed by atoms with Gasteiger partial charge in [0.05, 0.1) is 12.7 Å². The van der Waals surface area contributed by atoms with Gasteiger partial charge >= 0.3 is 0 Å². The maximum Gasteiger partial charge on any atom is 0.275 e. The summed E-state index contributed by atoms with van der Waals surface area (Å²) in [6.45, 7) is 0. The quantitative estimate of drug-likeness (QED) is 0.566. The molecule has 6 nitrogen and oxygen atoms in total. The molecular weight excluding hydrogens is 364 g/mol. The Morgan fingerprint density at radius 3 is 2.55 bits per heavy atom. The number of amides is 1. The number of anilines is 1. The van der Waals surface area contributed by atoms with Crippen molar-refractivity contribution in [3.63, 3.8) is 0 Å². The third kappa shape index (κ3) is 3.49. The predicted octanol–water partition coefficient (Wildman–Crippen LogP) is 4.43. The molecule has 6 heteroatoms. The van der Waals surface area contributed by atoms with E-state index in [1.165, 1.54) is 6.20 Å². The Bertz CT molecular complexity index is 1230. The highest BCUT2D eigenvalue weighted by Gasteiger charge is 2.17. The fourth-order valence-corrected chi connectivity index (χ4v) is 3.12. The Labute approximate surface area is 167 Å². The number of hydrogen-bond donors (Lipinski definition) is 1. The van der Waals surface area contributed by atoms with Crippen LogP contribution >= 0.6 is 0 Å². The van der Waals surface area contributed by atoms with Crippen LogP contribution in [0.2, 0.25) is 0 Å². The van der Waals surface area contributed by atoms with Crippen LogP contribution in [0.4, 0.5) is 5.82 Å². The van der Waals surface area contributed by atoms with Crippen molar-refractivity contribution in [1.82, 2.24) is 9.97 Å². The van der Waals surface area contributed by atoms with Crippen LogP contribution in [0.3, 0.4) is 0 Å². The van der Waals surface area contributed by atoms with Gasteiger partial charge in [0.2, 0.25) is 0 Å². The van der Waals surface area contributed by atoms with Crippen LogP contribution in [-0.2, 0) is 0 Å². The standard InChI is InChI=1S/C23H16N4O2/c1-29-20-11-10-17(15-7-3-2-4-8-15)18-13-16(14-24)22(26-21(18)20)27-23(28)19-9-5-6-12-25-19/h2-13H,1H3,(H,26,27,28). The van der Waals surface area contributed by atoms with Gasteiger partial charge in [0.1, 0.15) is 23.0 Å². The number of ether oxygens (including phenoxy) is 1. The number of carbonyl (C=O) groups excluding carboxylic acids is 1. The minimum Gasteiger partial charge on any atom is -0.494 e. The summed E-state index contributed by atoms with van der Waals surface area (Å²) in [4.78, 5) is 21.1. The molecule has 4 rings (SSSR count). The molecule has 0 saturated heterocycles. The predicted molar refractivity (Wildman–Crippen MR) is 111 cm³/mol. The van der Waals surface area contributed by atoms with Gasteiger partial charge in [0, 0.05) is 11.6 Å². The topological polar surface area (TPSA) is 87.9 Å². The zero-order chi connectivity index (χ0) is 20.2. The van der Waals surface area contributed by atoms with E-state index < -0.39 is 5.91 Å². The lowest BCUT2D eigenvalue weighted by molar-refractivity contribution is 0.102. The zero-order valence-corrected chi connectivity index (χ0v) is 15.6. The average Bonchev–Trinajstić information content (AvgIpc) is 2.79. The highest BCUT2D eigenvalue weighted by molar-refractivity contribution is 6.05. The van der Waals surface area contributed by atoms with E-state index in [0.717, 1.165) is 16.5 Å². The largest absolute Gasteiger partial charge is 0.494 e. The van der Waals surface area contributed by atoms with E-state index in [4.69, 9.17) is 4.74 Å². The molecule has 0 atom stereocenters. The lowest BCUT2D eigenvalue weighted by Crippen LogP contribution is -2.15. The number of rotatable bonds is 4. The highest BCUT2D eigenvalue weighted by Crippen LogP contribution is 2.35. The molecule has 0 aliphatic heterocycles. The number of nitrogens with zero attached hydrogens (tertiary/aromatic N) is 3. The van der Waals surface area contributed by atoms with Gasteiger partial charge in [-0.15, -0.1) is 0 Å². The normalized spacial score (nSPS) is 10.3. The van der Waals surface area contributed by atoms with E-state index in [1.54, 1.807) is 31.4 Å². The van der Waals surface area contributed by atoms with Crippen molar-refractivity contribution in [1.29, 1.82) is 5.26 Å². The number of aromatic nitrogens is 2. The van der Waals surface area contributed by atoms with Gasteiger partial charge in [0.15, 0.2) is 5.82 Å². The summed E-state index contributed by atoms with van der Waals surface area (Å²) in [6, 6.07) is 22.5. The second-order valence-electron chi connectivity index (χ2n) is 6.24. The number of fused-ring (bicyclic) bond motifs is 1. The second kappa shape index (κ2) is 7.79. The first-order valence-corrected chi connectivity index (χ1v) is 8.91. The molecule has 4 aromatic rings. The summed E-state index contributed by atoms with van der Waals surface area (Å²) in [6.07, 6.45) is 1.53. The van der Waals surface area contributed by atoms with Crippen LogP contribution in [0.25, 0.3) is 22.0 Å². The van der Waals surface area contributed by atoms with Crippen molar-refractivity contribution in [2.45, 2.75) is 0 Å². The van der Waals surface area contributed by atoms with E-state index in [1.807, 2.05) is 42.5 Å². The highest BCUT2D eigenvalue weighted by atomic mass is 16.5. The first kappa shape index (κ1) is 18.1. The van der Waals surface area contributed by atoms with E-state index in [0.29, 0.717) is 11.3 Å². The molecule has 29 heavy (non-hydrogen) atoms. The average molecular weight is 380 g/mol. The number of nitrogens with one attached hydrogen (secondary N) is 1. The Kier molecular flexibility index (Phi) is 4.87. The van der Waals surface area contributed by atoms with E-state index in [2.05, 4.69) is 21.4 Å². The monoisotopic (exact) mass is 380 g/mol. The summed E-state index contributed by atoms with van der Waals surface area (Å²) < 4.78 is 5.47. The molecule has 140 valence electrons. The number of nitriles is 1. The fourth-order valence-electron chi connectivity index (χ4n) is 3.12. The minimum atomic E-state index is -0.438. The van der Waals surface area contributed by atoms with Gasteiger partial charge in [0.25, 0.3) is 5.91 Å². The van der Waals surface area contributed by atoms with Crippen molar-refractivity contribution in [3.8, 4) is 22.9 Å². The van der Waals surface area contributed by atoms with Crippen LogP contribution in [0.15, 0.2) is 72.9 Å². The first-order chi connectivity index (χ1) is 14.2. The van der Waals surface area contributed by atoms with Crippen LogP contribution in [0.1, 0.15) is 16.1 Å². The Hall–Kier alpha value is -4.24. The van der Waals surface area contributed by atoms with Gasteiger partial charge in [-0.25, -0.2) is 4.98 Å². The SMILES string of the molecule is COc1ccc(-c2ccccc2)c2cc(C#N)c(NC(=O)c3ccccn3)nc12. The van der Waals surface area contributed by atoms with Crippen molar-refractivity contribution in [2.24, 2.45) is 0 Å². The van der Waals surface area contributed by atoms with Gasteiger partial charge < -0.3 is 10.1 Å². The molecule has 0 spiro atoms. The molecule has 0 unspecified atom stereocenters. The summed E-state index contributed by atoms with van der Waals surface area (Å²) in [5.74, 6) is 0.281. The Balaban J connectivity index is 1.87. The van der Waals surface area contributed by atoms with Crippen LogP contribution in [0.5, 0.6) is 5.75 Å². The molecule has 0 radical (unpaired) electrons. The third-order valence-electron chi connectivity index (χ3n) is 4.50. The van der Waals surface area contributed by atoms with Crippen molar-refractivity contribution < 1.29 is 9.53 Å². The van der Waals surface area contributed by atoms with Crippen molar-refractivity contribution in [3.05, 3.63) is 84.2 Å². The van der Waals surface area contributed by atoms with E-state index in [9.17, 15) is 10.1 Å². The molecular formula is C23H16N4O2. The Morgan fingerprint density at radius 2 is 1.86 bits per heavy atom. The third-order valence-corrected chi connectivity index (χ3v) is 4.50. The molecule has 0 saturated carbocycles. The molecule has 2 aromatic carbocycles. The molecule has 0 aliphatic carbocycles. The van der Waals surface area contributed by atoms with Gasteiger partial charge in [-0.1, -0.05) is 36.4 Å². The summed E-state index contributed by atoms with van der Waals surface area (Å²) in [5, 5.41) is 13.1. The smallest absolute Gasteiger partial charge is 0.275 e. The lowest BCUT2D eigenvalue weighted by Gasteiger charge is -2.13. The number of carbonyl (C=O) groups is 1. The van der Waals surface area contributed by atoms with E-state index >= 15 is 0 Å². The zero-order valence-electron chi connectivity index (χ0n) is 15.6. The first-order valence-electron chi connectivity index (χ1n) is 8.91. The number of methoxy groups -OCH3 is 1. The van der Waals surface area contributed by atoms with Gasteiger partial charge in [-0.05, 0) is 41.5 Å². The van der Waals surface area contributed by atoms with Crippen molar-refractivity contribution >= 4 is 22.6 Å². The van der Waals surface area contributed by atoms with Crippen LogP contribution < -0.4 is 10.1 Å². The molecule has 0 bridgehead atoms. The second-order valence-corrected chi connectivity index (χ2v) is 6.24.